The lowest BCUT2D eigenvalue weighted by molar-refractivity contribution is -0.109. The second kappa shape index (κ2) is 7.17. The number of pyridine rings is 1. The number of Topliss-reactive ketones (excluding diaryl/α,β-unsaturated/α-hetero) is 1. The number of nitrogens with zero attached hydrogens (tertiary/aromatic N) is 1. The molecule has 0 saturated heterocycles. The van der Waals surface area contributed by atoms with Crippen molar-refractivity contribution in [3.8, 4) is 0 Å². The number of carbonyl (C=O) groups excluding carboxylic acids is 2. The zero-order valence-corrected chi connectivity index (χ0v) is 10.1. The van der Waals surface area contributed by atoms with Crippen molar-refractivity contribution in [1.29, 1.82) is 0 Å². The molecular weight excluding hydrogens is 222 g/mol. The molecule has 0 aliphatic heterocycles. The van der Waals surface area contributed by atoms with E-state index in [-0.39, 0.29) is 10.9 Å². The molecular formula is C12H15NO2S. The summed E-state index contributed by atoms with van der Waals surface area (Å²) in [6.45, 7) is 1.56. The highest BCUT2D eigenvalue weighted by molar-refractivity contribution is 8.13. The van der Waals surface area contributed by atoms with E-state index >= 15 is 0 Å². The van der Waals surface area contributed by atoms with E-state index in [9.17, 15) is 9.59 Å². The maximum absolute atomic E-state index is 11.6. The normalized spacial score (nSPS) is 10.1. The Balaban J connectivity index is 2.19. The van der Waals surface area contributed by atoms with Crippen molar-refractivity contribution in [3.05, 3.63) is 30.1 Å². The summed E-state index contributed by atoms with van der Waals surface area (Å²) in [7, 11) is 0. The van der Waals surface area contributed by atoms with E-state index in [2.05, 4.69) is 4.98 Å². The summed E-state index contributed by atoms with van der Waals surface area (Å²) in [6.07, 6.45) is 5.50. The smallest absolute Gasteiger partial charge is 0.185 e. The summed E-state index contributed by atoms with van der Waals surface area (Å²) in [5.74, 6) is 0.927. The first-order valence-corrected chi connectivity index (χ1v) is 6.25. The van der Waals surface area contributed by atoms with Crippen molar-refractivity contribution in [3.63, 3.8) is 0 Å². The molecule has 1 rings (SSSR count). The Morgan fingerprint density at radius 2 is 2.19 bits per heavy atom. The molecule has 0 amide bonds. The van der Waals surface area contributed by atoms with Crippen molar-refractivity contribution in [2.75, 3.05) is 5.75 Å². The summed E-state index contributed by atoms with van der Waals surface area (Å²) < 4.78 is 0. The van der Waals surface area contributed by atoms with Gasteiger partial charge in [0.2, 0.25) is 0 Å². The summed E-state index contributed by atoms with van der Waals surface area (Å²) >= 11 is 1.32. The average molecular weight is 237 g/mol. The van der Waals surface area contributed by atoms with Crippen LogP contribution in [-0.4, -0.2) is 21.6 Å². The third-order valence-corrected chi connectivity index (χ3v) is 2.99. The zero-order chi connectivity index (χ0) is 11.8. The fourth-order valence-corrected chi connectivity index (χ4v) is 1.91. The van der Waals surface area contributed by atoms with Gasteiger partial charge < -0.3 is 0 Å². The van der Waals surface area contributed by atoms with Gasteiger partial charge in [0.15, 0.2) is 10.9 Å². The maximum atomic E-state index is 11.6. The Bertz CT molecular complexity index is 351. The summed E-state index contributed by atoms with van der Waals surface area (Å²) in [5.41, 5.74) is 0.668. The van der Waals surface area contributed by atoms with Gasteiger partial charge in [-0.05, 0) is 25.0 Å². The quantitative estimate of drug-likeness (QED) is 0.564. The minimum Gasteiger partial charge on any atom is -0.294 e. The Hall–Kier alpha value is -1.16. The molecule has 16 heavy (non-hydrogen) atoms. The lowest BCUT2D eigenvalue weighted by Crippen LogP contribution is -1.99. The van der Waals surface area contributed by atoms with Crippen molar-refractivity contribution in [2.45, 2.75) is 26.2 Å². The molecule has 1 aromatic heterocycles. The summed E-state index contributed by atoms with van der Waals surface area (Å²) in [4.78, 5) is 26.2. The van der Waals surface area contributed by atoms with Crippen LogP contribution in [0.1, 0.15) is 36.5 Å². The fraction of sp³-hybridized carbons (Fsp3) is 0.417. The van der Waals surface area contributed by atoms with Gasteiger partial charge >= 0.3 is 0 Å². The molecule has 0 unspecified atom stereocenters. The standard InChI is InChI=1S/C12H15NO2S/c1-10(14)16-8-3-2-6-12(15)11-5-4-7-13-9-11/h4-5,7,9H,2-3,6,8H2,1H3. The molecule has 0 saturated carbocycles. The third-order valence-electron chi connectivity index (χ3n) is 2.09. The topological polar surface area (TPSA) is 47.0 Å². The van der Waals surface area contributed by atoms with E-state index in [4.69, 9.17) is 0 Å². The number of ketones is 1. The number of thioether (sulfide) groups is 1. The van der Waals surface area contributed by atoms with Gasteiger partial charge in [-0.2, -0.15) is 0 Å². The predicted molar refractivity (Wildman–Crippen MR) is 65.6 cm³/mol. The summed E-state index contributed by atoms with van der Waals surface area (Å²) in [6, 6.07) is 3.54. The second-order valence-electron chi connectivity index (χ2n) is 3.46. The van der Waals surface area contributed by atoms with E-state index in [1.54, 1.807) is 31.5 Å². The molecule has 0 bridgehead atoms. The van der Waals surface area contributed by atoms with Crippen LogP contribution in [0.3, 0.4) is 0 Å². The van der Waals surface area contributed by atoms with Gasteiger partial charge in [0.05, 0.1) is 0 Å². The SMILES string of the molecule is CC(=O)SCCCCC(=O)c1cccnc1. The Labute approximate surface area is 99.7 Å². The van der Waals surface area contributed by atoms with E-state index in [1.165, 1.54) is 11.8 Å². The first-order chi connectivity index (χ1) is 7.70. The highest BCUT2D eigenvalue weighted by Gasteiger charge is 2.04. The van der Waals surface area contributed by atoms with Gasteiger partial charge in [-0.1, -0.05) is 11.8 Å². The molecule has 1 heterocycles. The molecule has 0 atom stereocenters. The Morgan fingerprint density at radius 1 is 1.38 bits per heavy atom. The van der Waals surface area contributed by atoms with Crippen molar-refractivity contribution in [1.82, 2.24) is 4.98 Å². The highest BCUT2D eigenvalue weighted by Crippen LogP contribution is 2.09. The van der Waals surface area contributed by atoms with Crippen LogP contribution in [0.4, 0.5) is 0 Å². The molecule has 0 fully saturated rings. The van der Waals surface area contributed by atoms with Gasteiger partial charge in [-0.3, -0.25) is 14.6 Å². The minimum absolute atomic E-state index is 0.126. The second-order valence-corrected chi connectivity index (χ2v) is 4.73. The van der Waals surface area contributed by atoms with Crippen molar-refractivity contribution >= 4 is 22.7 Å². The van der Waals surface area contributed by atoms with Crippen LogP contribution in [0.25, 0.3) is 0 Å². The van der Waals surface area contributed by atoms with Gasteiger partial charge in [-0.15, -0.1) is 0 Å². The number of aromatic nitrogens is 1. The van der Waals surface area contributed by atoms with E-state index < -0.39 is 0 Å². The van der Waals surface area contributed by atoms with Crippen LogP contribution in [-0.2, 0) is 4.79 Å². The lowest BCUT2D eigenvalue weighted by atomic mass is 10.1. The number of carbonyl (C=O) groups is 2. The fourth-order valence-electron chi connectivity index (χ4n) is 1.28. The van der Waals surface area contributed by atoms with Crippen LogP contribution in [0, 0.1) is 0 Å². The summed E-state index contributed by atoms with van der Waals surface area (Å²) in [5, 5.41) is 0.138. The predicted octanol–water partition coefficient (Wildman–Crippen LogP) is 2.71. The average Bonchev–Trinajstić information content (AvgIpc) is 2.29. The van der Waals surface area contributed by atoms with Crippen LogP contribution >= 0.6 is 11.8 Å². The van der Waals surface area contributed by atoms with Crippen molar-refractivity contribution < 1.29 is 9.59 Å². The van der Waals surface area contributed by atoms with Crippen LogP contribution < -0.4 is 0 Å². The molecule has 3 nitrogen and oxygen atoms in total. The van der Waals surface area contributed by atoms with E-state index in [1.807, 2.05) is 0 Å². The maximum Gasteiger partial charge on any atom is 0.185 e. The van der Waals surface area contributed by atoms with E-state index in [0.29, 0.717) is 12.0 Å². The molecule has 0 N–H and O–H groups in total. The molecule has 0 aliphatic carbocycles. The Morgan fingerprint density at radius 3 is 2.81 bits per heavy atom. The van der Waals surface area contributed by atoms with Crippen molar-refractivity contribution in [2.24, 2.45) is 0 Å². The molecule has 1 aromatic rings. The minimum atomic E-state index is 0.126. The zero-order valence-electron chi connectivity index (χ0n) is 9.31. The molecule has 0 radical (unpaired) electrons. The molecule has 0 aromatic carbocycles. The first kappa shape index (κ1) is 12.9. The monoisotopic (exact) mass is 237 g/mol. The number of unbranched alkanes of at least 4 members (excludes halogenated alkanes) is 1. The van der Waals surface area contributed by atoms with Gasteiger partial charge in [0, 0.05) is 37.1 Å². The van der Waals surface area contributed by atoms with E-state index in [0.717, 1.165) is 18.6 Å². The highest BCUT2D eigenvalue weighted by atomic mass is 32.2. The molecule has 0 spiro atoms. The first-order valence-electron chi connectivity index (χ1n) is 5.27. The van der Waals surface area contributed by atoms with Gasteiger partial charge in [0.1, 0.15) is 0 Å². The number of hydrogen-bond donors (Lipinski definition) is 0. The number of hydrogen-bond acceptors (Lipinski definition) is 4. The van der Waals surface area contributed by atoms with Crippen LogP contribution in [0.5, 0.6) is 0 Å². The lowest BCUT2D eigenvalue weighted by Gasteiger charge is -2.00. The molecule has 0 aliphatic rings. The van der Waals surface area contributed by atoms with Crippen LogP contribution in [0.15, 0.2) is 24.5 Å². The third kappa shape index (κ3) is 5.07. The van der Waals surface area contributed by atoms with Crippen LogP contribution in [0.2, 0.25) is 0 Å². The largest absolute Gasteiger partial charge is 0.294 e. The molecule has 86 valence electrons. The van der Waals surface area contributed by atoms with Gasteiger partial charge in [0.25, 0.3) is 0 Å². The van der Waals surface area contributed by atoms with Gasteiger partial charge in [-0.25, -0.2) is 0 Å². The Kier molecular flexibility index (Phi) is 5.78. The molecule has 4 heteroatoms. The number of rotatable bonds is 6.